The van der Waals surface area contributed by atoms with Crippen LogP contribution in [0.1, 0.15) is 25.3 Å². The fourth-order valence-corrected chi connectivity index (χ4v) is 4.45. The summed E-state index contributed by atoms with van der Waals surface area (Å²) in [6.45, 7) is 2.04. The molecule has 0 bridgehead atoms. The highest BCUT2D eigenvalue weighted by molar-refractivity contribution is 9.10. The highest BCUT2D eigenvalue weighted by Gasteiger charge is 2.30. The fourth-order valence-electron chi connectivity index (χ4n) is 4.19. The first-order valence-corrected chi connectivity index (χ1v) is 10.9. The van der Waals surface area contributed by atoms with Crippen molar-refractivity contribution < 1.29 is 9.84 Å². The normalized spacial score (nSPS) is 19.2. The van der Waals surface area contributed by atoms with Crippen molar-refractivity contribution in [3.63, 3.8) is 0 Å². The zero-order chi connectivity index (χ0) is 20.2. The van der Waals surface area contributed by atoms with E-state index in [0.717, 1.165) is 41.4 Å². The first-order valence-electron chi connectivity index (χ1n) is 10.1. The number of aromatic amines is 1. The molecule has 0 amide bonds. The van der Waals surface area contributed by atoms with E-state index in [-0.39, 0.29) is 24.3 Å². The van der Waals surface area contributed by atoms with Crippen LogP contribution in [0, 0.1) is 5.92 Å². The molecule has 3 N–H and O–H groups in total. The summed E-state index contributed by atoms with van der Waals surface area (Å²) in [5.41, 5.74) is 1.59. The van der Waals surface area contributed by atoms with Gasteiger partial charge in [-0.2, -0.15) is 0 Å². The molecule has 7 heteroatoms. The van der Waals surface area contributed by atoms with E-state index in [0.29, 0.717) is 12.2 Å². The summed E-state index contributed by atoms with van der Waals surface area (Å²) in [5, 5.41) is 14.2. The molecule has 3 unspecified atom stereocenters. The van der Waals surface area contributed by atoms with Crippen LogP contribution >= 0.6 is 15.9 Å². The topological polar surface area (TPSA) is 79.3 Å². The third-order valence-electron chi connectivity index (χ3n) is 5.60. The number of aliphatic hydroxyl groups excluding tert-OH is 1. The molecule has 2 heterocycles. The van der Waals surface area contributed by atoms with Crippen LogP contribution < -0.4 is 15.7 Å². The van der Waals surface area contributed by atoms with Gasteiger partial charge in [0.1, 0.15) is 12.4 Å². The number of rotatable bonds is 7. The lowest BCUT2D eigenvalue weighted by molar-refractivity contribution is 0.0728. The lowest BCUT2D eigenvalue weighted by atomic mass is 9.88. The molecule has 3 atom stereocenters. The van der Waals surface area contributed by atoms with Crippen molar-refractivity contribution >= 4 is 27.0 Å². The quantitative estimate of drug-likeness (QED) is 0.505. The minimum absolute atomic E-state index is 0.102. The molecule has 2 aromatic carbocycles. The molecule has 4 rings (SSSR count). The highest BCUT2D eigenvalue weighted by Crippen LogP contribution is 2.30. The molecule has 3 aromatic rings. The summed E-state index contributed by atoms with van der Waals surface area (Å²) in [6, 6.07) is 15.2. The SMILES string of the molecule is O=c1[nH]c2ccccc2n1C(CC(O)COc1ccc(Br)cc1)C1CCCNC1. The number of nitrogens with zero attached hydrogens (tertiary/aromatic N) is 1. The molecule has 0 spiro atoms. The maximum Gasteiger partial charge on any atom is 0.326 e. The maximum atomic E-state index is 12.8. The van der Waals surface area contributed by atoms with Crippen molar-refractivity contribution in [3.8, 4) is 5.75 Å². The second-order valence-electron chi connectivity index (χ2n) is 7.65. The number of para-hydroxylation sites is 2. The molecular formula is C22H26BrN3O3. The third kappa shape index (κ3) is 4.74. The molecule has 1 aromatic heterocycles. The Balaban J connectivity index is 1.54. The van der Waals surface area contributed by atoms with Gasteiger partial charge in [0.05, 0.1) is 17.1 Å². The van der Waals surface area contributed by atoms with Crippen LogP contribution in [0.15, 0.2) is 57.8 Å². The average Bonchev–Trinajstić information content (AvgIpc) is 3.08. The summed E-state index contributed by atoms with van der Waals surface area (Å²) in [5.74, 6) is 0.996. The van der Waals surface area contributed by atoms with Gasteiger partial charge in [-0.05, 0) is 74.7 Å². The van der Waals surface area contributed by atoms with Crippen LogP contribution in [0.3, 0.4) is 0 Å². The molecule has 1 aliphatic rings. The Morgan fingerprint density at radius 3 is 2.76 bits per heavy atom. The van der Waals surface area contributed by atoms with Crippen molar-refractivity contribution in [2.45, 2.75) is 31.4 Å². The van der Waals surface area contributed by atoms with Crippen LogP contribution in [0.5, 0.6) is 5.75 Å². The minimum atomic E-state index is -0.675. The molecule has 154 valence electrons. The van der Waals surface area contributed by atoms with E-state index in [1.165, 1.54) is 0 Å². The van der Waals surface area contributed by atoms with Crippen molar-refractivity contribution in [2.75, 3.05) is 19.7 Å². The molecule has 29 heavy (non-hydrogen) atoms. The largest absolute Gasteiger partial charge is 0.491 e. The van der Waals surface area contributed by atoms with E-state index in [2.05, 4.69) is 26.2 Å². The molecule has 0 saturated carbocycles. The van der Waals surface area contributed by atoms with Crippen LogP contribution in [0.4, 0.5) is 0 Å². The van der Waals surface area contributed by atoms with Gasteiger partial charge in [0, 0.05) is 10.5 Å². The van der Waals surface area contributed by atoms with Crippen molar-refractivity contribution in [2.24, 2.45) is 5.92 Å². The summed E-state index contributed by atoms with van der Waals surface area (Å²) in [7, 11) is 0. The van der Waals surface area contributed by atoms with E-state index in [9.17, 15) is 9.90 Å². The number of nitrogens with one attached hydrogen (secondary N) is 2. The Kier molecular flexibility index (Phi) is 6.37. The summed E-state index contributed by atoms with van der Waals surface area (Å²) in [6.07, 6.45) is 1.89. The maximum absolute atomic E-state index is 12.8. The van der Waals surface area contributed by atoms with Crippen LogP contribution in [0.2, 0.25) is 0 Å². The van der Waals surface area contributed by atoms with Gasteiger partial charge in [0.25, 0.3) is 0 Å². The highest BCUT2D eigenvalue weighted by atomic mass is 79.9. The standard InChI is InChI=1S/C22H26BrN3O3/c23-16-7-9-18(10-8-16)29-14-17(27)12-21(15-4-3-11-24-13-15)26-20-6-2-1-5-19(20)25-22(26)28/h1-2,5-10,15,17,21,24,27H,3-4,11-14H2,(H,25,28). The summed E-state index contributed by atoms with van der Waals surface area (Å²) in [4.78, 5) is 15.7. The lowest BCUT2D eigenvalue weighted by Gasteiger charge is -2.33. The van der Waals surface area contributed by atoms with Crippen LogP contribution in [-0.4, -0.2) is 40.5 Å². The van der Waals surface area contributed by atoms with Crippen molar-refractivity contribution in [1.82, 2.24) is 14.9 Å². The zero-order valence-corrected chi connectivity index (χ0v) is 17.8. The van der Waals surface area contributed by atoms with Gasteiger partial charge in [-0.25, -0.2) is 4.79 Å². The molecular weight excluding hydrogens is 434 g/mol. The Morgan fingerprint density at radius 2 is 2.00 bits per heavy atom. The lowest BCUT2D eigenvalue weighted by Crippen LogP contribution is -2.39. The van der Waals surface area contributed by atoms with Gasteiger partial charge in [0.2, 0.25) is 0 Å². The molecule has 1 saturated heterocycles. The first kappa shape index (κ1) is 20.2. The predicted molar refractivity (Wildman–Crippen MR) is 117 cm³/mol. The van der Waals surface area contributed by atoms with Crippen molar-refractivity contribution in [1.29, 1.82) is 0 Å². The monoisotopic (exact) mass is 459 g/mol. The molecule has 0 aliphatic carbocycles. The van der Waals surface area contributed by atoms with E-state index in [1.807, 2.05) is 53.1 Å². The second-order valence-corrected chi connectivity index (χ2v) is 8.56. The number of fused-ring (bicyclic) bond motifs is 1. The smallest absolute Gasteiger partial charge is 0.326 e. The van der Waals surface area contributed by atoms with E-state index >= 15 is 0 Å². The fraction of sp³-hybridized carbons (Fsp3) is 0.409. The van der Waals surface area contributed by atoms with Gasteiger partial charge in [-0.15, -0.1) is 0 Å². The van der Waals surface area contributed by atoms with E-state index in [1.54, 1.807) is 0 Å². The number of piperidine rings is 1. The molecule has 1 fully saturated rings. The van der Waals surface area contributed by atoms with E-state index < -0.39 is 6.10 Å². The number of halogens is 1. The van der Waals surface area contributed by atoms with Gasteiger partial charge in [-0.1, -0.05) is 28.1 Å². The number of H-pyrrole nitrogens is 1. The number of ether oxygens (including phenoxy) is 1. The van der Waals surface area contributed by atoms with Crippen LogP contribution in [0.25, 0.3) is 11.0 Å². The molecule has 6 nitrogen and oxygen atoms in total. The predicted octanol–water partition coefficient (Wildman–Crippen LogP) is 3.46. The van der Waals surface area contributed by atoms with Crippen molar-refractivity contribution in [3.05, 3.63) is 63.5 Å². The second kappa shape index (κ2) is 9.15. The Bertz CT molecular complexity index is 992. The average molecular weight is 460 g/mol. The Hall–Kier alpha value is -2.09. The molecule has 1 aliphatic heterocycles. The summed E-state index contributed by atoms with van der Waals surface area (Å²) >= 11 is 3.40. The zero-order valence-electron chi connectivity index (χ0n) is 16.2. The minimum Gasteiger partial charge on any atom is -0.491 e. The molecule has 0 radical (unpaired) electrons. The van der Waals surface area contributed by atoms with Gasteiger partial charge >= 0.3 is 5.69 Å². The van der Waals surface area contributed by atoms with Gasteiger partial charge < -0.3 is 20.1 Å². The Morgan fingerprint density at radius 1 is 1.21 bits per heavy atom. The number of hydrogen-bond acceptors (Lipinski definition) is 4. The number of imidazole rings is 1. The summed E-state index contributed by atoms with van der Waals surface area (Å²) < 4.78 is 8.57. The number of aliphatic hydroxyl groups is 1. The third-order valence-corrected chi connectivity index (χ3v) is 6.13. The number of aromatic nitrogens is 2. The van der Waals surface area contributed by atoms with E-state index in [4.69, 9.17) is 4.74 Å². The number of hydrogen-bond donors (Lipinski definition) is 3. The van der Waals surface area contributed by atoms with Gasteiger partial charge in [-0.3, -0.25) is 4.57 Å². The van der Waals surface area contributed by atoms with Crippen LogP contribution in [-0.2, 0) is 0 Å². The Labute approximate surface area is 178 Å². The van der Waals surface area contributed by atoms with Gasteiger partial charge in [0.15, 0.2) is 0 Å². The first-order chi connectivity index (χ1) is 14.1. The number of benzene rings is 2.